The van der Waals surface area contributed by atoms with Crippen LogP contribution in [0.4, 0.5) is 11.4 Å². The molecule has 1 saturated heterocycles. The number of hydrazone groups is 1. The van der Waals surface area contributed by atoms with Crippen LogP contribution in [0.25, 0.3) is 6.08 Å². The van der Waals surface area contributed by atoms with Gasteiger partial charge in [-0.05, 0) is 86.2 Å². The van der Waals surface area contributed by atoms with Gasteiger partial charge in [0.2, 0.25) is 0 Å². The molecule has 2 fully saturated rings. The molecule has 1 amide bonds. The quantitative estimate of drug-likeness (QED) is 0.197. The minimum atomic E-state index is -0.461. The Balaban J connectivity index is 1.43. The van der Waals surface area contributed by atoms with Gasteiger partial charge >= 0.3 is 0 Å². The summed E-state index contributed by atoms with van der Waals surface area (Å²) in [6.07, 6.45) is 4.82. The van der Waals surface area contributed by atoms with Crippen LogP contribution in [-0.4, -0.2) is 61.1 Å². The smallest absolute Gasteiger partial charge is 0.276 e. The van der Waals surface area contributed by atoms with Crippen molar-refractivity contribution < 1.29 is 23.9 Å². The van der Waals surface area contributed by atoms with Crippen molar-refractivity contribution in [1.29, 1.82) is 0 Å². The van der Waals surface area contributed by atoms with E-state index in [9.17, 15) is 14.9 Å². The van der Waals surface area contributed by atoms with E-state index < -0.39 is 4.92 Å². The highest BCUT2D eigenvalue weighted by molar-refractivity contribution is 6.10. The first-order valence-corrected chi connectivity index (χ1v) is 15.7. The molecule has 2 aliphatic heterocycles. The fraction of sp³-hybridized carbons (Fsp3) is 0.371. The Bertz CT molecular complexity index is 1600. The number of morpholine rings is 1. The van der Waals surface area contributed by atoms with Gasteiger partial charge in [0.25, 0.3) is 11.6 Å². The summed E-state index contributed by atoms with van der Waals surface area (Å²) in [5, 5.41) is 18.4. The number of carbonyl (C=O) groups excluding carboxylic acids is 1. The summed E-state index contributed by atoms with van der Waals surface area (Å²) < 4.78 is 16.8. The second-order valence-electron chi connectivity index (χ2n) is 11.3. The largest absolute Gasteiger partial charge is 0.494 e. The van der Waals surface area contributed by atoms with E-state index >= 15 is 0 Å². The molecule has 1 aliphatic carbocycles. The number of nitro groups is 1. The zero-order valence-corrected chi connectivity index (χ0v) is 25.7. The molecule has 0 aromatic heterocycles. The first kappa shape index (κ1) is 30.3. The van der Waals surface area contributed by atoms with E-state index in [2.05, 4.69) is 11.0 Å². The Hall–Kier alpha value is -4.70. The summed E-state index contributed by atoms with van der Waals surface area (Å²) in [7, 11) is 0. The number of anilines is 1. The molecule has 0 N–H and O–H groups in total. The van der Waals surface area contributed by atoms with E-state index in [1.54, 1.807) is 11.1 Å². The third kappa shape index (κ3) is 6.42. The summed E-state index contributed by atoms with van der Waals surface area (Å²) >= 11 is 0. The maximum atomic E-state index is 14.6. The normalized spacial score (nSPS) is 20.5. The predicted octanol–water partition coefficient (Wildman–Crippen LogP) is 6.67. The van der Waals surface area contributed by atoms with Gasteiger partial charge in [0.15, 0.2) is 0 Å². The van der Waals surface area contributed by atoms with E-state index in [4.69, 9.17) is 19.3 Å². The first-order valence-electron chi connectivity index (χ1n) is 15.7. The van der Waals surface area contributed by atoms with Crippen molar-refractivity contribution in [2.75, 3.05) is 44.4 Å². The van der Waals surface area contributed by atoms with Crippen LogP contribution in [0.5, 0.6) is 11.5 Å². The SMILES string of the molecule is CCOc1ccc(C=C2CCCC3C2=NN(C(=O)c2cc([N+](=O)[O-])ccc2N2CCOCC2)C3c2ccc(OCC)cc2)cc1. The predicted molar refractivity (Wildman–Crippen MR) is 173 cm³/mol. The molecule has 2 unspecified atom stereocenters. The van der Waals surface area contributed by atoms with Crippen molar-refractivity contribution in [3.63, 3.8) is 0 Å². The Morgan fingerprint density at radius 2 is 1.67 bits per heavy atom. The Labute approximate surface area is 263 Å². The van der Waals surface area contributed by atoms with Crippen LogP contribution in [0.3, 0.4) is 0 Å². The number of nitro benzene ring substituents is 1. The van der Waals surface area contributed by atoms with Gasteiger partial charge in [-0.1, -0.05) is 24.3 Å². The lowest BCUT2D eigenvalue weighted by Gasteiger charge is -2.32. The van der Waals surface area contributed by atoms with Gasteiger partial charge in [-0.15, -0.1) is 0 Å². The molecule has 2 heterocycles. The molecule has 3 aromatic rings. The summed E-state index contributed by atoms with van der Waals surface area (Å²) in [4.78, 5) is 28.0. The fourth-order valence-electron chi connectivity index (χ4n) is 6.47. The lowest BCUT2D eigenvalue weighted by atomic mass is 9.77. The van der Waals surface area contributed by atoms with Gasteiger partial charge in [-0.25, -0.2) is 5.01 Å². The maximum absolute atomic E-state index is 14.6. The minimum absolute atomic E-state index is 0.0277. The molecule has 2 atom stereocenters. The summed E-state index contributed by atoms with van der Waals surface area (Å²) in [6.45, 7) is 7.28. The number of allylic oxidation sites excluding steroid dienone is 1. The van der Waals surface area contributed by atoms with Gasteiger partial charge in [0.1, 0.15) is 11.5 Å². The summed E-state index contributed by atoms with van der Waals surface area (Å²) in [5.41, 5.74) is 4.74. The molecule has 0 spiro atoms. The number of hydrogen-bond acceptors (Lipinski definition) is 8. The zero-order chi connectivity index (χ0) is 31.3. The number of benzene rings is 3. The molecular weight excluding hydrogens is 572 g/mol. The number of carbonyl (C=O) groups is 1. The second-order valence-corrected chi connectivity index (χ2v) is 11.3. The Kier molecular flexibility index (Phi) is 9.11. The molecule has 6 rings (SSSR count). The average molecular weight is 611 g/mol. The molecule has 45 heavy (non-hydrogen) atoms. The molecule has 0 bridgehead atoms. The van der Waals surface area contributed by atoms with Crippen molar-refractivity contribution in [3.8, 4) is 11.5 Å². The highest BCUT2D eigenvalue weighted by atomic mass is 16.6. The van der Waals surface area contributed by atoms with E-state index in [1.807, 2.05) is 62.4 Å². The molecule has 234 valence electrons. The van der Waals surface area contributed by atoms with Crippen molar-refractivity contribution in [3.05, 3.63) is 99.1 Å². The van der Waals surface area contributed by atoms with Gasteiger partial charge in [0.05, 0.1) is 54.4 Å². The zero-order valence-electron chi connectivity index (χ0n) is 25.7. The first-order chi connectivity index (χ1) is 22.0. The standard InChI is InChI=1S/C35H38N4O6/c1-3-44-28-13-8-24(9-14-28)22-26-6-5-7-30-33(26)36-38(34(30)25-10-15-29(16-11-25)45-4-2)35(40)31-23-27(39(41)42)12-17-32(31)37-18-20-43-21-19-37/h8-17,22-23,30,34H,3-7,18-21H2,1-2H3. The number of non-ortho nitro benzene ring substituents is 1. The van der Waals surface area contributed by atoms with Crippen LogP contribution < -0.4 is 14.4 Å². The van der Waals surface area contributed by atoms with Crippen molar-refractivity contribution in [2.45, 2.75) is 39.2 Å². The average Bonchev–Trinajstić information content (AvgIpc) is 3.47. The number of ether oxygens (including phenoxy) is 3. The second kappa shape index (κ2) is 13.5. The van der Waals surface area contributed by atoms with Gasteiger partial charge in [-0.3, -0.25) is 14.9 Å². The molecule has 10 nitrogen and oxygen atoms in total. The molecule has 10 heteroatoms. The number of rotatable bonds is 9. The third-order valence-electron chi connectivity index (χ3n) is 8.55. The van der Waals surface area contributed by atoms with Crippen LogP contribution in [0.2, 0.25) is 0 Å². The Morgan fingerprint density at radius 3 is 2.31 bits per heavy atom. The van der Waals surface area contributed by atoms with Crippen LogP contribution in [0, 0.1) is 16.0 Å². The highest BCUT2D eigenvalue weighted by Gasteiger charge is 2.44. The fourth-order valence-corrected chi connectivity index (χ4v) is 6.47. The van der Waals surface area contributed by atoms with Gasteiger partial charge < -0.3 is 19.1 Å². The number of amides is 1. The lowest BCUT2D eigenvalue weighted by Crippen LogP contribution is -2.38. The van der Waals surface area contributed by atoms with Crippen molar-refractivity contribution in [1.82, 2.24) is 5.01 Å². The summed E-state index contributed by atoms with van der Waals surface area (Å²) in [6, 6.07) is 20.0. The van der Waals surface area contributed by atoms with Crippen molar-refractivity contribution >= 4 is 29.1 Å². The third-order valence-corrected chi connectivity index (χ3v) is 8.55. The lowest BCUT2D eigenvalue weighted by molar-refractivity contribution is -0.384. The number of hydrogen-bond donors (Lipinski definition) is 0. The molecule has 0 radical (unpaired) electrons. The van der Waals surface area contributed by atoms with Crippen LogP contribution in [0.15, 0.2) is 77.4 Å². The van der Waals surface area contributed by atoms with Crippen molar-refractivity contribution in [2.24, 2.45) is 11.0 Å². The molecule has 3 aliphatic rings. The van der Waals surface area contributed by atoms with Gasteiger partial charge in [-0.2, -0.15) is 5.10 Å². The van der Waals surface area contributed by atoms with Gasteiger partial charge in [0, 0.05) is 31.1 Å². The van der Waals surface area contributed by atoms with E-state index in [0.29, 0.717) is 45.2 Å². The van der Waals surface area contributed by atoms with Crippen LogP contribution in [0.1, 0.15) is 60.6 Å². The molecule has 3 aromatic carbocycles. The van der Waals surface area contributed by atoms with E-state index in [-0.39, 0.29) is 29.1 Å². The maximum Gasteiger partial charge on any atom is 0.276 e. The van der Waals surface area contributed by atoms with Crippen LogP contribution in [-0.2, 0) is 4.74 Å². The number of fused-ring (bicyclic) bond motifs is 1. The summed E-state index contributed by atoms with van der Waals surface area (Å²) in [5.74, 6) is 1.19. The molecular formula is C35H38N4O6. The minimum Gasteiger partial charge on any atom is -0.494 e. The van der Waals surface area contributed by atoms with Crippen LogP contribution >= 0.6 is 0 Å². The highest BCUT2D eigenvalue weighted by Crippen LogP contribution is 2.46. The Morgan fingerprint density at radius 1 is 1.00 bits per heavy atom. The monoisotopic (exact) mass is 610 g/mol. The van der Waals surface area contributed by atoms with E-state index in [1.165, 1.54) is 12.1 Å². The number of nitrogens with zero attached hydrogens (tertiary/aromatic N) is 4. The molecule has 1 saturated carbocycles. The van der Waals surface area contributed by atoms with E-state index in [0.717, 1.165) is 53.2 Å². The topological polar surface area (TPSA) is 107 Å².